The monoisotopic (exact) mass is 221 g/mol. The molecule has 1 atom stereocenters. The fourth-order valence-electron chi connectivity index (χ4n) is 1.64. The minimum absolute atomic E-state index is 0.291. The molecule has 0 aliphatic carbocycles. The van der Waals surface area contributed by atoms with Crippen molar-refractivity contribution in [1.29, 1.82) is 0 Å². The lowest BCUT2D eigenvalue weighted by atomic mass is 10.1. The van der Waals surface area contributed by atoms with E-state index in [2.05, 4.69) is 10.1 Å². The minimum Gasteiger partial charge on any atom is -0.497 e. The summed E-state index contributed by atoms with van der Waals surface area (Å²) in [7, 11) is 2.77. The van der Waals surface area contributed by atoms with Crippen molar-refractivity contribution in [3.05, 3.63) is 23.8 Å². The van der Waals surface area contributed by atoms with Crippen LogP contribution in [0.1, 0.15) is 10.4 Å². The van der Waals surface area contributed by atoms with Gasteiger partial charge in [0, 0.05) is 11.3 Å². The van der Waals surface area contributed by atoms with E-state index in [4.69, 9.17) is 4.74 Å². The van der Waals surface area contributed by atoms with Crippen molar-refractivity contribution in [2.24, 2.45) is 0 Å². The summed E-state index contributed by atoms with van der Waals surface area (Å²) in [5.74, 6) is -0.291. The van der Waals surface area contributed by atoms with Gasteiger partial charge in [-0.3, -0.25) is 4.79 Å². The molecule has 0 aromatic heterocycles. The van der Waals surface area contributed by atoms with Crippen LogP contribution in [0.25, 0.3) is 0 Å². The van der Waals surface area contributed by atoms with E-state index in [1.165, 1.54) is 14.2 Å². The first kappa shape index (κ1) is 10.5. The molecule has 1 aliphatic heterocycles. The van der Waals surface area contributed by atoms with E-state index in [0.29, 0.717) is 17.0 Å². The van der Waals surface area contributed by atoms with Crippen LogP contribution in [0.3, 0.4) is 0 Å². The zero-order valence-electron chi connectivity index (χ0n) is 8.94. The molecule has 1 aromatic carbocycles. The van der Waals surface area contributed by atoms with Gasteiger partial charge >= 0.3 is 5.97 Å². The number of fused-ring (bicyclic) bond motifs is 1. The molecule has 0 spiro atoms. The molecule has 84 valence electrons. The lowest BCUT2D eigenvalue weighted by Crippen LogP contribution is -2.33. The van der Waals surface area contributed by atoms with Gasteiger partial charge < -0.3 is 14.8 Å². The smallest absolute Gasteiger partial charge is 0.336 e. The zero-order valence-corrected chi connectivity index (χ0v) is 8.94. The lowest BCUT2D eigenvalue weighted by molar-refractivity contribution is -0.140. The van der Waals surface area contributed by atoms with Crippen LogP contribution in [-0.2, 0) is 9.53 Å². The van der Waals surface area contributed by atoms with Crippen LogP contribution in [0.2, 0.25) is 0 Å². The van der Waals surface area contributed by atoms with Gasteiger partial charge in [-0.15, -0.1) is 0 Å². The van der Waals surface area contributed by atoms with Crippen LogP contribution in [0.4, 0.5) is 5.69 Å². The second-order valence-electron chi connectivity index (χ2n) is 3.38. The fraction of sp³-hybridized carbons (Fsp3) is 0.273. The fourth-order valence-corrected chi connectivity index (χ4v) is 1.64. The van der Waals surface area contributed by atoms with Gasteiger partial charge in [0.25, 0.3) is 0 Å². The van der Waals surface area contributed by atoms with Crippen molar-refractivity contribution in [2.45, 2.75) is 6.04 Å². The van der Waals surface area contributed by atoms with Crippen molar-refractivity contribution in [3.8, 4) is 5.75 Å². The molecule has 16 heavy (non-hydrogen) atoms. The number of Topliss-reactive ketones (excluding diaryl/α,β-unsaturated/α-hetero) is 1. The summed E-state index contributed by atoms with van der Waals surface area (Å²) in [5, 5.41) is 2.81. The molecule has 1 heterocycles. The topological polar surface area (TPSA) is 64.6 Å². The Morgan fingerprint density at radius 2 is 2.12 bits per heavy atom. The third-order valence-corrected chi connectivity index (χ3v) is 2.49. The predicted molar refractivity (Wildman–Crippen MR) is 56.8 cm³/mol. The van der Waals surface area contributed by atoms with Crippen LogP contribution < -0.4 is 10.1 Å². The van der Waals surface area contributed by atoms with E-state index in [9.17, 15) is 9.59 Å². The third-order valence-electron chi connectivity index (χ3n) is 2.49. The summed E-state index contributed by atoms with van der Waals surface area (Å²) in [5.41, 5.74) is 1.08. The maximum Gasteiger partial charge on any atom is 0.336 e. The Bertz CT molecular complexity index is 455. The Kier molecular flexibility index (Phi) is 2.52. The van der Waals surface area contributed by atoms with E-state index in [1.807, 2.05) is 0 Å². The number of hydrogen-bond acceptors (Lipinski definition) is 5. The van der Waals surface area contributed by atoms with E-state index < -0.39 is 12.0 Å². The summed E-state index contributed by atoms with van der Waals surface area (Å²) >= 11 is 0. The van der Waals surface area contributed by atoms with E-state index in [1.54, 1.807) is 18.2 Å². The van der Waals surface area contributed by atoms with Gasteiger partial charge in [-0.05, 0) is 18.2 Å². The number of benzene rings is 1. The third kappa shape index (κ3) is 1.50. The molecule has 0 bridgehead atoms. The van der Waals surface area contributed by atoms with Crippen molar-refractivity contribution >= 4 is 17.4 Å². The minimum atomic E-state index is -0.938. The summed E-state index contributed by atoms with van der Waals surface area (Å²) in [6.07, 6.45) is 0. The number of anilines is 1. The highest BCUT2D eigenvalue weighted by Gasteiger charge is 2.36. The number of carbonyl (C=O) groups is 2. The summed E-state index contributed by atoms with van der Waals surface area (Å²) in [6, 6.07) is 4.09. The van der Waals surface area contributed by atoms with Gasteiger partial charge in [0.05, 0.1) is 14.2 Å². The summed E-state index contributed by atoms with van der Waals surface area (Å²) in [6.45, 7) is 0. The average Bonchev–Trinajstić information content (AvgIpc) is 2.65. The van der Waals surface area contributed by atoms with Crippen LogP contribution in [-0.4, -0.2) is 32.0 Å². The Hall–Kier alpha value is -2.04. The normalized spacial score (nSPS) is 17.6. The zero-order chi connectivity index (χ0) is 11.7. The number of carbonyl (C=O) groups excluding carboxylic acids is 2. The molecule has 1 N–H and O–H groups in total. The molecule has 2 rings (SSSR count). The number of ether oxygens (including phenoxy) is 2. The maximum absolute atomic E-state index is 11.8. The van der Waals surface area contributed by atoms with Crippen LogP contribution >= 0.6 is 0 Å². The lowest BCUT2D eigenvalue weighted by Gasteiger charge is -2.05. The number of hydrogen-bond donors (Lipinski definition) is 1. The van der Waals surface area contributed by atoms with E-state index in [-0.39, 0.29) is 5.78 Å². The second kappa shape index (κ2) is 3.84. The molecule has 0 radical (unpaired) electrons. The van der Waals surface area contributed by atoms with Crippen molar-refractivity contribution in [1.82, 2.24) is 0 Å². The Morgan fingerprint density at radius 3 is 2.75 bits per heavy atom. The molecule has 1 aliphatic rings. The van der Waals surface area contributed by atoms with Gasteiger partial charge in [0.15, 0.2) is 11.8 Å². The largest absolute Gasteiger partial charge is 0.497 e. The van der Waals surface area contributed by atoms with Crippen LogP contribution in [0.5, 0.6) is 5.75 Å². The second-order valence-corrected chi connectivity index (χ2v) is 3.38. The summed E-state index contributed by atoms with van der Waals surface area (Å²) < 4.78 is 9.55. The predicted octanol–water partition coefficient (Wildman–Crippen LogP) is 0.845. The van der Waals surface area contributed by atoms with Crippen molar-refractivity contribution < 1.29 is 19.1 Å². The molecule has 5 nitrogen and oxygen atoms in total. The first-order chi connectivity index (χ1) is 7.67. The highest BCUT2D eigenvalue weighted by molar-refractivity contribution is 6.20. The van der Waals surface area contributed by atoms with Gasteiger partial charge in [-0.25, -0.2) is 4.79 Å². The SMILES string of the molecule is COC(=O)C1Nc2ccc(OC)cc2C1=O. The quantitative estimate of drug-likeness (QED) is 0.592. The number of nitrogens with one attached hydrogen (secondary N) is 1. The first-order valence-electron chi connectivity index (χ1n) is 4.74. The van der Waals surface area contributed by atoms with Crippen molar-refractivity contribution in [2.75, 3.05) is 19.5 Å². The molecular formula is C11H11NO4. The molecule has 0 saturated carbocycles. The maximum atomic E-state index is 11.8. The molecule has 0 amide bonds. The number of esters is 1. The van der Waals surface area contributed by atoms with Crippen molar-refractivity contribution in [3.63, 3.8) is 0 Å². The van der Waals surface area contributed by atoms with Gasteiger partial charge in [-0.2, -0.15) is 0 Å². The van der Waals surface area contributed by atoms with E-state index >= 15 is 0 Å². The van der Waals surface area contributed by atoms with Crippen LogP contribution in [0.15, 0.2) is 18.2 Å². The number of rotatable bonds is 2. The van der Waals surface area contributed by atoms with E-state index in [0.717, 1.165) is 0 Å². The molecule has 0 saturated heterocycles. The number of ketones is 1. The summed E-state index contributed by atoms with van der Waals surface area (Å²) in [4.78, 5) is 23.2. The molecular weight excluding hydrogens is 210 g/mol. The van der Waals surface area contributed by atoms with Crippen LogP contribution in [0, 0.1) is 0 Å². The standard InChI is InChI=1S/C11H11NO4/c1-15-6-3-4-8-7(5-6)10(13)9(12-8)11(14)16-2/h3-5,9,12H,1-2H3. The molecule has 0 fully saturated rings. The highest BCUT2D eigenvalue weighted by atomic mass is 16.5. The molecule has 1 unspecified atom stereocenters. The van der Waals surface area contributed by atoms with Gasteiger partial charge in [0.2, 0.25) is 0 Å². The Morgan fingerprint density at radius 1 is 1.38 bits per heavy atom. The highest BCUT2D eigenvalue weighted by Crippen LogP contribution is 2.29. The Balaban J connectivity index is 2.35. The molecule has 1 aromatic rings. The average molecular weight is 221 g/mol. The number of methoxy groups -OCH3 is 2. The Labute approximate surface area is 92.4 Å². The van der Waals surface area contributed by atoms with Gasteiger partial charge in [-0.1, -0.05) is 0 Å². The first-order valence-corrected chi connectivity index (χ1v) is 4.74. The molecule has 5 heteroatoms. The van der Waals surface area contributed by atoms with Gasteiger partial charge in [0.1, 0.15) is 5.75 Å².